The molecule has 2 aromatic carbocycles. The molecule has 0 spiro atoms. The van der Waals surface area contributed by atoms with Crippen LogP contribution in [0.1, 0.15) is 27.2 Å². The first-order chi connectivity index (χ1) is 16.5. The third-order valence-electron chi connectivity index (χ3n) is 5.34. The van der Waals surface area contributed by atoms with Crippen molar-refractivity contribution >= 4 is 28.6 Å². The average molecular weight is 482 g/mol. The van der Waals surface area contributed by atoms with Crippen LogP contribution in [0.25, 0.3) is 10.9 Å². The van der Waals surface area contributed by atoms with E-state index in [0.717, 1.165) is 0 Å². The van der Waals surface area contributed by atoms with Gasteiger partial charge in [-0.3, -0.25) is 9.36 Å². The van der Waals surface area contributed by atoms with Crippen LogP contribution in [0.4, 0.5) is 4.39 Å². The molecule has 0 atom stereocenters. The Kier molecular flexibility index (Phi) is 6.08. The van der Waals surface area contributed by atoms with Crippen molar-refractivity contribution in [2.24, 2.45) is 0 Å². The van der Waals surface area contributed by atoms with E-state index in [0.29, 0.717) is 44.4 Å². The van der Waals surface area contributed by atoms with Gasteiger partial charge >= 0.3 is 5.97 Å². The summed E-state index contributed by atoms with van der Waals surface area (Å²) in [5.41, 5.74) is 1.62. The Hall–Kier alpha value is -3.63. The quantitative estimate of drug-likeness (QED) is 0.230. The van der Waals surface area contributed by atoms with Crippen LogP contribution in [0.5, 0.6) is 5.75 Å². The van der Waals surface area contributed by atoms with Crippen LogP contribution in [-0.4, -0.2) is 29.4 Å². The zero-order valence-corrected chi connectivity index (χ0v) is 18.9. The average Bonchev–Trinajstić information content (AvgIpc) is 3.37. The highest BCUT2D eigenvalue weighted by atomic mass is 32.2. The molecular weight excluding hydrogens is 463 g/mol. The number of hydrogen-bond donors (Lipinski definition) is 0. The summed E-state index contributed by atoms with van der Waals surface area (Å²) in [5, 5.41) is 0.744. The highest BCUT2D eigenvalue weighted by Crippen LogP contribution is 2.34. The summed E-state index contributed by atoms with van der Waals surface area (Å²) >= 11 is 1.26. The molecule has 4 aromatic rings. The maximum absolute atomic E-state index is 14.2. The van der Waals surface area contributed by atoms with Gasteiger partial charge in [0.2, 0.25) is 0 Å². The summed E-state index contributed by atoms with van der Waals surface area (Å²) in [6.07, 6.45) is 1.53. The number of ether oxygens (including phenoxy) is 3. The van der Waals surface area contributed by atoms with Crippen molar-refractivity contribution in [3.63, 3.8) is 0 Å². The monoisotopic (exact) mass is 482 g/mol. The predicted octanol–water partition coefficient (Wildman–Crippen LogP) is 4.12. The summed E-state index contributed by atoms with van der Waals surface area (Å²) in [6, 6.07) is 10.9. The van der Waals surface area contributed by atoms with E-state index in [1.165, 1.54) is 54.0 Å². The Balaban J connectivity index is 1.57. The first-order valence-corrected chi connectivity index (χ1v) is 11.3. The number of halogens is 1. The molecule has 174 valence electrons. The molecule has 0 fully saturated rings. The van der Waals surface area contributed by atoms with E-state index in [1.54, 1.807) is 18.2 Å². The van der Waals surface area contributed by atoms with Gasteiger partial charge in [-0.25, -0.2) is 14.2 Å². The summed E-state index contributed by atoms with van der Waals surface area (Å²) < 4.78 is 36.8. The van der Waals surface area contributed by atoms with Gasteiger partial charge in [-0.1, -0.05) is 11.8 Å². The second kappa shape index (κ2) is 9.32. The van der Waals surface area contributed by atoms with Gasteiger partial charge in [0, 0.05) is 16.9 Å². The second-order valence-electron chi connectivity index (χ2n) is 7.54. The lowest BCUT2D eigenvalue weighted by atomic mass is 10.1. The minimum Gasteiger partial charge on any atom is -0.467 e. The van der Waals surface area contributed by atoms with Crippen LogP contribution in [-0.2, 0) is 28.4 Å². The molecule has 8 nitrogen and oxygen atoms in total. The Labute approximate surface area is 197 Å². The molecule has 0 unspecified atom stereocenters. The van der Waals surface area contributed by atoms with Crippen molar-refractivity contribution in [3.05, 3.63) is 87.3 Å². The van der Waals surface area contributed by atoms with Gasteiger partial charge in [0.1, 0.15) is 17.3 Å². The normalized spacial score (nSPS) is 12.9. The van der Waals surface area contributed by atoms with Crippen molar-refractivity contribution in [1.29, 1.82) is 0 Å². The van der Waals surface area contributed by atoms with Gasteiger partial charge in [-0.2, -0.15) is 0 Å². The van der Waals surface area contributed by atoms with Crippen LogP contribution in [0.2, 0.25) is 0 Å². The number of rotatable bonds is 6. The third-order valence-corrected chi connectivity index (χ3v) is 6.37. The summed E-state index contributed by atoms with van der Waals surface area (Å²) in [5.74, 6) is 0.537. The maximum atomic E-state index is 14.2. The van der Waals surface area contributed by atoms with E-state index in [9.17, 15) is 14.0 Å². The maximum Gasteiger partial charge on any atom is 0.337 e. The molecule has 0 bridgehead atoms. The fourth-order valence-corrected chi connectivity index (χ4v) is 4.72. The van der Waals surface area contributed by atoms with Gasteiger partial charge in [-0.15, -0.1) is 0 Å². The lowest BCUT2D eigenvalue weighted by Crippen LogP contribution is -2.24. The number of carbonyl (C=O) groups is 1. The van der Waals surface area contributed by atoms with E-state index in [4.69, 9.17) is 18.6 Å². The van der Waals surface area contributed by atoms with Crippen LogP contribution in [0.15, 0.2) is 63.1 Å². The smallest absolute Gasteiger partial charge is 0.337 e. The minimum absolute atomic E-state index is 0.0873. The molecule has 2 aromatic heterocycles. The molecular formula is C24H19FN2O6S. The molecule has 0 saturated carbocycles. The van der Waals surface area contributed by atoms with Gasteiger partial charge in [-0.05, 0) is 42.5 Å². The number of benzene rings is 2. The van der Waals surface area contributed by atoms with E-state index >= 15 is 0 Å². The van der Waals surface area contributed by atoms with Crippen LogP contribution in [0, 0.1) is 5.82 Å². The topological polar surface area (TPSA) is 92.8 Å². The van der Waals surface area contributed by atoms with Crippen molar-refractivity contribution in [3.8, 4) is 5.75 Å². The Morgan fingerprint density at radius 2 is 2.15 bits per heavy atom. The lowest BCUT2D eigenvalue weighted by Gasteiger charge is -2.21. The van der Waals surface area contributed by atoms with Crippen LogP contribution in [0.3, 0.4) is 0 Å². The third kappa shape index (κ3) is 4.29. The molecule has 10 heteroatoms. The summed E-state index contributed by atoms with van der Waals surface area (Å²) in [6.45, 7) is 0.518. The number of furan rings is 1. The number of methoxy groups -OCH3 is 1. The number of esters is 1. The van der Waals surface area contributed by atoms with Crippen molar-refractivity contribution in [2.75, 3.05) is 13.9 Å². The van der Waals surface area contributed by atoms with E-state index in [2.05, 4.69) is 4.98 Å². The van der Waals surface area contributed by atoms with E-state index in [1.807, 2.05) is 0 Å². The summed E-state index contributed by atoms with van der Waals surface area (Å²) in [7, 11) is 1.29. The Morgan fingerprint density at radius 1 is 1.26 bits per heavy atom. The largest absolute Gasteiger partial charge is 0.467 e. The molecule has 1 aliphatic rings. The second-order valence-corrected chi connectivity index (χ2v) is 8.48. The van der Waals surface area contributed by atoms with Gasteiger partial charge in [0.15, 0.2) is 11.9 Å². The van der Waals surface area contributed by atoms with Gasteiger partial charge in [0.25, 0.3) is 5.56 Å². The number of nitrogens with zero attached hydrogens (tertiary/aromatic N) is 2. The highest BCUT2D eigenvalue weighted by Gasteiger charge is 2.20. The fourth-order valence-electron chi connectivity index (χ4n) is 3.76. The lowest BCUT2D eigenvalue weighted by molar-refractivity contribution is -0.0171. The molecule has 0 saturated heterocycles. The van der Waals surface area contributed by atoms with Crippen LogP contribution < -0.4 is 10.3 Å². The predicted molar refractivity (Wildman–Crippen MR) is 121 cm³/mol. The van der Waals surface area contributed by atoms with E-state index in [-0.39, 0.29) is 31.1 Å². The number of carbonyl (C=O) groups excluding carboxylic acids is 1. The zero-order chi connectivity index (χ0) is 23.7. The Morgan fingerprint density at radius 3 is 2.94 bits per heavy atom. The molecule has 0 aliphatic carbocycles. The summed E-state index contributed by atoms with van der Waals surface area (Å²) in [4.78, 5) is 30.0. The molecule has 1 aliphatic heterocycles. The van der Waals surface area contributed by atoms with Gasteiger partial charge < -0.3 is 18.6 Å². The molecule has 0 amide bonds. The number of hydrogen-bond acceptors (Lipinski definition) is 8. The van der Waals surface area contributed by atoms with Crippen molar-refractivity contribution in [1.82, 2.24) is 9.55 Å². The molecule has 0 N–H and O–H groups in total. The van der Waals surface area contributed by atoms with E-state index < -0.39 is 11.8 Å². The van der Waals surface area contributed by atoms with Crippen LogP contribution >= 0.6 is 11.8 Å². The number of fused-ring (bicyclic) bond motifs is 2. The first-order valence-electron chi connectivity index (χ1n) is 10.3. The van der Waals surface area contributed by atoms with Crippen molar-refractivity contribution in [2.45, 2.75) is 24.1 Å². The SMILES string of the molecule is COC(=O)c1ccc2c(=O)n(Cc3ccco3)c(SCc3cc(F)cc4c3OCOC4)nc2c1. The molecule has 5 rings (SSSR count). The van der Waals surface area contributed by atoms with Gasteiger partial charge in [0.05, 0.1) is 43.0 Å². The Bertz CT molecular complexity index is 1430. The molecule has 0 radical (unpaired) electrons. The highest BCUT2D eigenvalue weighted by molar-refractivity contribution is 7.98. The number of thioether (sulfide) groups is 1. The first kappa shape index (κ1) is 22.2. The van der Waals surface area contributed by atoms with Crippen molar-refractivity contribution < 1.29 is 27.8 Å². The fraction of sp³-hybridized carbons (Fsp3) is 0.208. The number of aromatic nitrogens is 2. The minimum atomic E-state index is -0.525. The molecule has 34 heavy (non-hydrogen) atoms. The zero-order valence-electron chi connectivity index (χ0n) is 18.1. The standard InChI is InChI=1S/C24H19FN2O6S/c1-30-23(29)14-4-5-19-20(9-14)26-24(27(22(19)28)10-18-3-2-6-32-18)34-12-16-8-17(25)7-15-11-31-13-33-21(15)16/h2-9H,10-13H2,1H3. The molecule has 3 heterocycles.